The molecule has 2 aromatic carbocycles. The minimum absolute atomic E-state index is 0.172. The summed E-state index contributed by atoms with van der Waals surface area (Å²) in [6.07, 6.45) is 9.35. The second kappa shape index (κ2) is 9.70. The van der Waals surface area contributed by atoms with Gasteiger partial charge in [0.1, 0.15) is 11.6 Å². The Bertz CT molecular complexity index is 838. The molecule has 2 nitrogen and oxygen atoms in total. The predicted octanol–water partition coefficient (Wildman–Crippen LogP) is 5.56. The van der Waals surface area contributed by atoms with Crippen LogP contribution in [0.25, 0.3) is 12.2 Å². The summed E-state index contributed by atoms with van der Waals surface area (Å²) in [5, 5.41) is 0. The third kappa shape index (κ3) is 5.43. The van der Waals surface area contributed by atoms with Crippen molar-refractivity contribution in [2.75, 3.05) is 12.0 Å². The minimum Gasteiger partial charge on any atom is -0.300 e. The van der Waals surface area contributed by atoms with Gasteiger partial charge < -0.3 is 0 Å². The van der Waals surface area contributed by atoms with Crippen LogP contribution >= 0.6 is 11.8 Å². The summed E-state index contributed by atoms with van der Waals surface area (Å²) in [5.74, 6) is 1.20. The Morgan fingerprint density at radius 1 is 0.889 bits per heavy atom. The Kier molecular flexibility index (Phi) is 7.05. The second-order valence-corrected chi connectivity index (χ2v) is 7.98. The number of fused-ring (bicyclic) bond motifs is 2. The van der Waals surface area contributed by atoms with Gasteiger partial charge in [0, 0.05) is 19.3 Å². The summed E-state index contributed by atoms with van der Waals surface area (Å²) in [7, 11) is 0. The first kappa shape index (κ1) is 19.6. The lowest BCUT2D eigenvalue weighted by Crippen LogP contribution is -2.11. The second-order valence-electron chi connectivity index (χ2n) is 7.11. The zero-order chi connectivity index (χ0) is 19.1. The molecule has 0 N–H and O–H groups in total. The van der Waals surface area contributed by atoms with E-state index >= 15 is 0 Å². The Morgan fingerprint density at radius 3 is 2.37 bits per heavy atom. The molecule has 0 saturated heterocycles. The highest BCUT2D eigenvalue weighted by Gasteiger charge is 2.19. The predicted molar refractivity (Wildman–Crippen MR) is 115 cm³/mol. The lowest BCUT2D eigenvalue weighted by Gasteiger charge is -2.22. The molecular weight excluding hydrogens is 352 g/mol. The van der Waals surface area contributed by atoms with Gasteiger partial charge in [0.15, 0.2) is 0 Å². The summed E-state index contributed by atoms with van der Waals surface area (Å²) in [4.78, 5) is 24.0. The maximum atomic E-state index is 12.3. The van der Waals surface area contributed by atoms with E-state index in [2.05, 4.69) is 60.7 Å². The van der Waals surface area contributed by atoms with E-state index in [1.807, 2.05) is 6.26 Å². The minimum atomic E-state index is 0.172. The summed E-state index contributed by atoms with van der Waals surface area (Å²) >= 11 is 1.52. The molecule has 1 aliphatic rings. The first-order valence-corrected chi connectivity index (χ1v) is 10.9. The molecule has 1 unspecified atom stereocenters. The molecule has 0 fully saturated rings. The molecule has 0 aliphatic heterocycles. The van der Waals surface area contributed by atoms with E-state index in [-0.39, 0.29) is 11.6 Å². The highest BCUT2D eigenvalue weighted by molar-refractivity contribution is 7.99. The zero-order valence-electron chi connectivity index (χ0n) is 15.8. The van der Waals surface area contributed by atoms with Crippen molar-refractivity contribution in [3.8, 4) is 0 Å². The molecule has 140 valence electrons. The molecular formula is C24H26O2S. The number of carbonyl (C=O) groups excluding carboxylic acids is 2. The van der Waals surface area contributed by atoms with Gasteiger partial charge in [0.05, 0.1) is 5.75 Å². The van der Waals surface area contributed by atoms with Crippen LogP contribution in [0.3, 0.4) is 0 Å². The van der Waals surface area contributed by atoms with Crippen LogP contribution in [0.15, 0.2) is 48.5 Å². The van der Waals surface area contributed by atoms with Crippen LogP contribution in [-0.2, 0) is 16.0 Å². The lowest BCUT2D eigenvalue weighted by atomic mass is 9.82. The van der Waals surface area contributed by atoms with Crippen LogP contribution in [0.1, 0.15) is 53.9 Å². The Hall–Kier alpha value is -2.13. The topological polar surface area (TPSA) is 34.1 Å². The van der Waals surface area contributed by atoms with Gasteiger partial charge in [0.25, 0.3) is 0 Å². The van der Waals surface area contributed by atoms with Gasteiger partial charge in [0.2, 0.25) is 0 Å². The van der Waals surface area contributed by atoms with Crippen LogP contribution in [-0.4, -0.2) is 23.6 Å². The molecule has 0 amide bonds. The summed E-state index contributed by atoms with van der Waals surface area (Å²) in [6, 6.07) is 17.0. The van der Waals surface area contributed by atoms with Gasteiger partial charge in [-0.05, 0) is 47.3 Å². The van der Waals surface area contributed by atoms with Gasteiger partial charge in [-0.1, -0.05) is 60.7 Å². The van der Waals surface area contributed by atoms with E-state index in [9.17, 15) is 9.59 Å². The number of hydrogen-bond acceptors (Lipinski definition) is 3. The van der Waals surface area contributed by atoms with Gasteiger partial charge in [-0.25, -0.2) is 0 Å². The van der Waals surface area contributed by atoms with Crippen molar-refractivity contribution in [2.45, 2.75) is 38.0 Å². The summed E-state index contributed by atoms with van der Waals surface area (Å²) in [5.41, 5.74) is 5.14. The zero-order valence-corrected chi connectivity index (χ0v) is 16.6. The number of thioether (sulfide) groups is 1. The number of carbonyl (C=O) groups is 2. The van der Waals surface area contributed by atoms with Crippen molar-refractivity contribution in [2.24, 2.45) is 0 Å². The molecule has 0 aromatic heterocycles. The fourth-order valence-electron chi connectivity index (χ4n) is 3.70. The monoisotopic (exact) mass is 378 g/mol. The number of Topliss-reactive ketones (excluding diaryl/α,β-unsaturated/α-hetero) is 2. The van der Waals surface area contributed by atoms with Crippen molar-refractivity contribution >= 4 is 35.5 Å². The lowest BCUT2D eigenvalue weighted by molar-refractivity contribution is -0.123. The van der Waals surface area contributed by atoms with Gasteiger partial charge in [-0.15, -0.1) is 0 Å². The third-order valence-corrected chi connectivity index (χ3v) is 5.77. The Morgan fingerprint density at radius 2 is 1.56 bits per heavy atom. The van der Waals surface area contributed by atoms with E-state index in [0.29, 0.717) is 30.9 Å². The van der Waals surface area contributed by atoms with Gasteiger partial charge in [-0.3, -0.25) is 9.59 Å². The van der Waals surface area contributed by atoms with Crippen molar-refractivity contribution in [3.63, 3.8) is 0 Å². The maximum Gasteiger partial charge on any atom is 0.143 e. The van der Waals surface area contributed by atoms with E-state index < -0.39 is 0 Å². The SMILES string of the molecule is CSCC(=O)CCC(=O)CCC1Cc2ccccc2/C=C\c2ccccc21. The van der Waals surface area contributed by atoms with Crippen LogP contribution in [0.2, 0.25) is 0 Å². The van der Waals surface area contributed by atoms with E-state index in [1.54, 1.807) is 0 Å². The molecule has 3 rings (SSSR count). The number of rotatable bonds is 8. The van der Waals surface area contributed by atoms with E-state index in [1.165, 1.54) is 34.0 Å². The average Bonchev–Trinajstić information content (AvgIpc) is 2.67. The van der Waals surface area contributed by atoms with Gasteiger partial charge >= 0.3 is 0 Å². The molecule has 0 saturated carbocycles. The first-order chi connectivity index (χ1) is 13.2. The maximum absolute atomic E-state index is 12.3. The Balaban J connectivity index is 1.71. The quantitative estimate of drug-likeness (QED) is 0.603. The van der Waals surface area contributed by atoms with Gasteiger partial charge in [-0.2, -0.15) is 11.8 Å². The van der Waals surface area contributed by atoms with Crippen LogP contribution < -0.4 is 0 Å². The van der Waals surface area contributed by atoms with Crippen molar-refractivity contribution < 1.29 is 9.59 Å². The summed E-state index contributed by atoms with van der Waals surface area (Å²) < 4.78 is 0. The molecule has 27 heavy (non-hydrogen) atoms. The first-order valence-electron chi connectivity index (χ1n) is 9.54. The third-order valence-electron chi connectivity index (χ3n) is 5.16. The van der Waals surface area contributed by atoms with Crippen LogP contribution in [0.5, 0.6) is 0 Å². The fourth-order valence-corrected chi connectivity index (χ4v) is 4.17. The highest BCUT2D eigenvalue weighted by atomic mass is 32.2. The average molecular weight is 379 g/mol. The molecule has 0 heterocycles. The normalized spacial score (nSPS) is 16.6. The van der Waals surface area contributed by atoms with E-state index in [0.717, 1.165) is 12.8 Å². The molecule has 1 atom stereocenters. The van der Waals surface area contributed by atoms with Crippen molar-refractivity contribution in [1.29, 1.82) is 0 Å². The largest absolute Gasteiger partial charge is 0.300 e. The molecule has 0 radical (unpaired) electrons. The molecule has 0 bridgehead atoms. The number of benzene rings is 2. The molecule has 1 aliphatic carbocycles. The standard InChI is InChI=1S/C24H26O2S/c1-27-17-23(26)15-14-22(25)13-12-21-16-20-8-3-2-6-18(20)10-11-19-7-4-5-9-24(19)21/h2-11,21H,12-17H2,1H3/b11-10-. The van der Waals surface area contributed by atoms with Crippen LogP contribution in [0, 0.1) is 0 Å². The smallest absolute Gasteiger partial charge is 0.143 e. The molecule has 0 spiro atoms. The molecule has 2 aromatic rings. The fraction of sp³-hybridized carbons (Fsp3) is 0.333. The molecule has 3 heteroatoms. The van der Waals surface area contributed by atoms with Crippen molar-refractivity contribution in [1.82, 2.24) is 0 Å². The van der Waals surface area contributed by atoms with E-state index in [4.69, 9.17) is 0 Å². The number of hydrogen-bond donors (Lipinski definition) is 0. The highest BCUT2D eigenvalue weighted by Crippen LogP contribution is 2.33. The number of ketones is 2. The van der Waals surface area contributed by atoms with Crippen molar-refractivity contribution in [3.05, 3.63) is 70.8 Å². The summed E-state index contributed by atoms with van der Waals surface area (Å²) in [6.45, 7) is 0. The van der Waals surface area contributed by atoms with Crippen LogP contribution in [0.4, 0.5) is 0 Å². The Labute approximate surface area is 166 Å².